The number of methoxy groups -OCH3 is 2. The molecule has 1 amide bonds. The third kappa shape index (κ3) is 5.49. The van der Waals surface area contributed by atoms with Crippen molar-refractivity contribution in [2.75, 3.05) is 26.1 Å². The quantitative estimate of drug-likeness (QED) is 0.343. The van der Waals surface area contributed by atoms with Crippen LogP contribution in [0.1, 0.15) is 32.6 Å². The zero-order valence-electron chi connectivity index (χ0n) is 19.5. The summed E-state index contributed by atoms with van der Waals surface area (Å²) < 4.78 is 17.5. The Kier molecular flexibility index (Phi) is 7.41. The summed E-state index contributed by atoms with van der Waals surface area (Å²) in [5.41, 5.74) is 2.30. The van der Waals surface area contributed by atoms with Gasteiger partial charge in [0.1, 0.15) is 4.88 Å². The largest absolute Gasteiger partial charge is 0.493 e. The zero-order valence-corrected chi connectivity index (χ0v) is 20.3. The molecule has 2 heterocycles. The lowest BCUT2D eigenvalue weighted by Gasteiger charge is -2.08. The molecule has 0 aliphatic heterocycles. The molecular formula is C25H24N4O5S. The van der Waals surface area contributed by atoms with E-state index in [9.17, 15) is 9.59 Å². The summed E-state index contributed by atoms with van der Waals surface area (Å²) in [4.78, 5) is 26.6. The molecule has 4 aromatic rings. The van der Waals surface area contributed by atoms with Gasteiger partial charge in [-0.3, -0.25) is 4.79 Å². The topological polar surface area (TPSA) is 105 Å². The number of anilines is 1. The van der Waals surface area contributed by atoms with Crippen LogP contribution in [0.15, 0.2) is 60.8 Å². The Morgan fingerprint density at radius 1 is 1.03 bits per heavy atom. The van der Waals surface area contributed by atoms with Gasteiger partial charge in [-0.1, -0.05) is 35.5 Å². The third-order valence-corrected chi connectivity index (χ3v) is 6.23. The first-order chi connectivity index (χ1) is 17.0. The first-order valence-electron chi connectivity index (χ1n) is 10.8. The maximum atomic E-state index is 12.9. The van der Waals surface area contributed by atoms with E-state index in [0.717, 1.165) is 16.0 Å². The smallest absolute Gasteiger partial charge is 0.350 e. The zero-order chi connectivity index (χ0) is 24.8. The summed E-state index contributed by atoms with van der Waals surface area (Å²) in [6.45, 7) is 2.42. The highest BCUT2D eigenvalue weighted by atomic mass is 32.1. The monoisotopic (exact) mass is 492 g/mol. The molecule has 0 bridgehead atoms. The number of aromatic nitrogens is 3. The van der Waals surface area contributed by atoms with Crippen LogP contribution in [0.5, 0.6) is 11.5 Å². The highest BCUT2D eigenvalue weighted by molar-refractivity contribution is 7.18. The van der Waals surface area contributed by atoms with Crippen molar-refractivity contribution in [3.05, 3.63) is 76.9 Å². The lowest BCUT2D eigenvalue weighted by Crippen LogP contribution is -2.14. The van der Waals surface area contributed by atoms with Crippen LogP contribution in [0.3, 0.4) is 0 Å². The summed E-state index contributed by atoms with van der Waals surface area (Å²) in [5, 5.41) is 10.8. The molecule has 9 nitrogen and oxygen atoms in total. The van der Waals surface area contributed by atoms with Crippen molar-refractivity contribution in [2.45, 2.75) is 13.5 Å². The molecule has 0 aliphatic carbocycles. The van der Waals surface area contributed by atoms with E-state index in [4.69, 9.17) is 14.2 Å². The van der Waals surface area contributed by atoms with E-state index < -0.39 is 11.9 Å². The van der Waals surface area contributed by atoms with Gasteiger partial charge in [0.25, 0.3) is 5.91 Å². The second kappa shape index (κ2) is 10.8. The Morgan fingerprint density at radius 2 is 1.80 bits per heavy atom. The first kappa shape index (κ1) is 24.0. The number of amides is 1. The molecule has 4 rings (SSSR count). The molecule has 1 N–H and O–H groups in total. The Morgan fingerprint density at radius 3 is 2.51 bits per heavy atom. The van der Waals surface area contributed by atoms with Gasteiger partial charge in [0, 0.05) is 4.88 Å². The number of nitrogens with zero attached hydrogens (tertiary/aromatic N) is 3. The van der Waals surface area contributed by atoms with E-state index in [2.05, 4.69) is 15.6 Å². The minimum absolute atomic E-state index is 0.134. The van der Waals surface area contributed by atoms with Crippen LogP contribution < -0.4 is 14.8 Å². The van der Waals surface area contributed by atoms with Crippen LogP contribution in [0.2, 0.25) is 0 Å². The summed E-state index contributed by atoms with van der Waals surface area (Å²) in [6.07, 6.45) is 1.56. The Labute approximate surface area is 206 Å². The highest BCUT2D eigenvalue weighted by Gasteiger charge is 2.22. The molecule has 2 aromatic carbocycles. The Bertz CT molecular complexity index is 1330. The van der Waals surface area contributed by atoms with Crippen LogP contribution in [-0.4, -0.2) is 47.7 Å². The maximum absolute atomic E-state index is 12.9. The van der Waals surface area contributed by atoms with E-state index in [-0.39, 0.29) is 17.2 Å². The van der Waals surface area contributed by atoms with Crippen molar-refractivity contribution in [1.82, 2.24) is 15.0 Å². The van der Waals surface area contributed by atoms with Crippen molar-refractivity contribution in [3.8, 4) is 21.9 Å². The molecule has 10 heteroatoms. The number of hydrogen-bond acceptors (Lipinski definition) is 8. The molecule has 0 spiro atoms. The minimum Gasteiger partial charge on any atom is -0.493 e. The second-order valence-electron chi connectivity index (χ2n) is 7.38. The number of rotatable bonds is 9. The maximum Gasteiger partial charge on any atom is 0.350 e. The van der Waals surface area contributed by atoms with E-state index >= 15 is 0 Å². The Balaban J connectivity index is 1.59. The number of thiophene rings is 1. The Hall–Kier alpha value is -4.18. The molecule has 2 aromatic heterocycles. The molecule has 0 saturated carbocycles. The molecule has 0 aliphatic rings. The van der Waals surface area contributed by atoms with Gasteiger partial charge in [-0.25, -0.2) is 9.48 Å². The van der Waals surface area contributed by atoms with Crippen LogP contribution in [0.25, 0.3) is 10.4 Å². The van der Waals surface area contributed by atoms with Gasteiger partial charge in [-0.2, -0.15) is 0 Å². The lowest BCUT2D eigenvalue weighted by molar-refractivity contribution is 0.0533. The van der Waals surface area contributed by atoms with Gasteiger partial charge in [0.2, 0.25) is 0 Å². The fraction of sp³-hybridized carbons (Fsp3) is 0.200. The highest BCUT2D eigenvalue weighted by Crippen LogP contribution is 2.39. The van der Waals surface area contributed by atoms with Gasteiger partial charge >= 0.3 is 5.97 Å². The summed E-state index contributed by atoms with van der Waals surface area (Å²) in [7, 11) is 3.11. The normalized spacial score (nSPS) is 10.6. The van der Waals surface area contributed by atoms with Crippen LogP contribution in [-0.2, 0) is 11.3 Å². The van der Waals surface area contributed by atoms with Crippen molar-refractivity contribution in [3.63, 3.8) is 0 Å². The standard InChI is InChI=1S/C25H24N4O5S/c1-4-34-25(31)23-18(13-22(35-23)17-10-11-20(32-2)21(12-17)33-3)26-24(30)19-15-29(28-27-19)14-16-8-6-5-7-9-16/h5-13,15H,4,14H2,1-3H3,(H,26,30). The van der Waals surface area contributed by atoms with Crippen LogP contribution in [0, 0.1) is 0 Å². The van der Waals surface area contributed by atoms with Crippen molar-refractivity contribution < 1.29 is 23.8 Å². The van der Waals surface area contributed by atoms with Gasteiger partial charge < -0.3 is 19.5 Å². The number of esters is 1. The van der Waals surface area contributed by atoms with E-state index in [1.54, 1.807) is 50.2 Å². The van der Waals surface area contributed by atoms with Crippen molar-refractivity contribution in [1.29, 1.82) is 0 Å². The summed E-state index contributed by atoms with van der Waals surface area (Å²) in [5.74, 6) is 0.140. The van der Waals surface area contributed by atoms with Gasteiger partial charge in [0.05, 0.1) is 39.3 Å². The number of ether oxygens (including phenoxy) is 3. The SMILES string of the molecule is CCOC(=O)c1sc(-c2ccc(OC)c(OC)c2)cc1NC(=O)c1cn(Cc2ccccc2)nn1. The van der Waals surface area contributed by atoms with Crippen molar-refractivity contribution in [2.24, 2.45) is 0 Å². The van der Waals surface area contributed by atoms with Gasteiger partial charge in [0.15, 0.2) is 17.2 Å². The molecule has 0 radical (unpaired) electrons. The number of carbonyl (C=O) groups excluding carboxylic acids is 2. The molecule has 0 unspecified atom stereocenters. The predicted octanol–water partition coefficient (Wildman–Crippen LogP) is 4.50. The number of carbonyl (C=O) groups is 2. The fourth-order valence-electron chi connectivity index (χ4n) is 3.40. The van der Waals surface area contributed by atoms with E-state index in [1.165, 1.54) is 11.3 Å². The van der Waals surface area contributed by atoms with Gasteiger partial charge in [-0.15, -0.1) is 16.4 Å². The van der Waals surface area contributed by atoms with Crippen LogP contribution in [0.4, 0.5) is 5.69 Å². The van der Waals surface area contributed by atoms with Crippen LogP contribution >= 0.6 is 11.3 Å². The molecule has 0 saturated heterocycles. The minimum atomic E-state index is -0.521. The molecule has 0 fully saturated rings. The predicted molar refractivity (Wildman–Crippen MR) is 132 cm³/mol. The van der Waals surface area contributed by atoms with E-state index in [1.807, 2.05) is 36.4 Å². The lowest BCUT2D eigenvalue weighted by atomic mass is 10.1. The average Bonchev–Trinajstić information content (AvgIpc) is 3.52. The molecule has 35 heavy (non-hydrogen) atoms. The molecular weight excluding hydrogens is 468 g/mol. The number of hydrogen-bond donors (Lipinski definition) is 1. The van der Waals surface area contributed by atoms with Crippen molar-refractivity contribution >= 4 is 28.9 Å². The summed E-state index contributed by atoms with van der Waals surface area (Å²) >= 11 is 1.21. The first-order valence-corrected chi connectivity index (χ1v) is 11.6. The third-order valence-electron chi connectivity index (χ3n) is 5.07. The fourth-order valence-corrected chi connectivity index (χ4v) is 4.40. The van der Waals surface area contributed by atoms with E-state index in [0.29, 0.717) is 23.7 Å². The number of benzene rings is 2. The number of nitrogens with one attached hydrogen (secondary N) is 1. The van der Waals surface area contributed by atoms with Gasteiger partial charge in [-0.05, 0) is 42.3 Å². The summed E-state index contributed by atoms with van der Waals surface area (Å²) in [6, 6.07) is 16.9. The average molecular weight is 493 g/mol. The molecule has 0 atom stereocenters. The molecule has 180 valence electrons. The second-order valence-corrected chi connectivity index (χ2v) is 8.44.